The van der Waals surface area contributed by atoms with Gasteiger partial charge in [0.2, 0.25) is 11.6 Å². The van der Waals surface area contributed by atoms with Gasteiger partial charge in [-0.3, -0.25) is 4.79 Å². The Kier molecular flexibility index (Phi) is 5.03. The second-order valence-electron chi connectivity index (χ2n) is 7.16. The van der Waals surface area contributed by atoms with Crippen molar-refractivity contribution in [3.05, 3.63) is 70.9 Å². The van der Waals surface area contributed by atoms with Gasteiger partial charge < -0.3 is 20.4 Å². The minimum absolute atomic E-state index is 0.291. The molecule has 0 saturated carbocycles. The van der Waals surface area contributed by atoms with E-state index < -0.39 is 5.91 Å². The third-order valence-electron chi connectivity index (χ3n) is 5.17. The lowest BCUT2D eigenvalue weighted by atomic mass is 10.1. The molecule has 0 atom stereocenters. The number of fused-ring (bicyclic) bond motifs is 2. The summed E-state index contributed by atoms with van der Waals surface area (Å²) in [5.74, 6) is 0.905. The van der Waals surface area contributed by atoms with E-state index in [1.54, 1.807) is 18.2 Å². The normalized spacial score (nSPS) is 13.5. The molecule has 3 heterocycles. The highest BCUT2D eigenvalue weighted by Crippen LogP contribution is 2.31. The van der Waals surface area contributed by atoms with Gasteiger partial charge in [-0.1, -0.05) is 41.6 Å². The topological polar surface area (TPSA) is 128 Å². The summed E-state index contributed by atoms with van der Waals surface area (Å²) in [6, 6.07) is 15.2. The zero-order chi connectivity index (χ0) is 21.2. The highest BCUT2D eigenvalue weighted by atomic mass is 16.6. The number of hydrogen-bond donors (Lipinski definition) is 3. The number of benzene rings is 2. The van der Waals surface area contributed by atoms with Gasteiger partial charge in [-0.2, -0.15) is 5.48 Å². The number of hydroxylamine groups is 1. The van der Waals surface area contributed by atoms with Crippen LogP contribution in [0.4, 0.5) is 5.82 Å². The molecule has 5 rings (SSSR count). The largest absolute Gasteiger partial charge is 0.366 e. The highest BCUT2D eigenvalue weighted by Gasteiger charge is 2.22. The number of amides is 1. The van der Waals surface area contributed by atoms with Crippen LogP contribution in [0.1, 0.15) is 27.2 Å². The average Bonchev–Trinajstić information content (AvgIpc) is 3.08. The lowest BCUT2D eigenvalue weighted by molar-refractivity contribution is 0.0440. The lowest BCUT2D eigenvalue weighted by Crippen LogP contribution is -2.14. The van der Waals surface area contributed by atoms with Crippen LogP contribution in [0, 0.1) is 0 Å². The number of aromatic nitrogens is 3. The van der Waals surface area contributed by atoms with E-state index in [-0.39, 0.29) is 0 Å². The summed E-state index contributed by atoms with van der Waals surface area (Å²) in [5, 5.41) is 8.11. The molecular weight excluding hydrogens is 396 g/mol. The molecular formula is C22H20N6O3. The van der Waals surface area contributed by atoms with Crippen molar-refractivity contribution in [1.29, 1.82) is 0 Å². The first-order valence-corrected chi connectivity index (χ1v) is 9.91. The molecule has 0 aliphatic carbocycles. The second kappa shape index (κ2) is 8.13. The number of carbonyl (C=O) groups excluding carboxylic acids is 1. The maximum atomic E-state index is 11.7. The fourth-order valence-corrected chi connectivity index (χ4v) is 3.64. The molecule has 2 aromatic heterocycles. The van der Waals surface area contributed by atoms with Gasteiger partial charge in [-0.15, -0.1) is 0 Å². The summed E-state index contributed by atoms with van der Waals surface area (Å²) in [7, 11) is 0. The van der Waals surface area contributed by atoms with E-state index in [0.717, 1.165) is 16.8 Å². The Bertz CT molecular complexity index is 1260. The maximum absolute atomic E-state index is 11.7. The molecule has 0 fully saturated rings. The quantitative estimate of drug-likeness (QED) is 0.453. The van der Waals surface area contributed by atoms with Crippen molar-refractivity contribution in [3.63, 3.8) is 0 Å². The Morgan fingerprint density at radius 3 is 2.84 bits per heavy atom. The summed E-state index contributed by atoms with van der Waals surface area (Å²) < 4.78 is 5.57. The van der Waals surface area contributed by atoms with Crippen molar-refractivity contribution < 1.29 is 14.2 Å². The van der Waals surface area contributed by atoms with Crippen LogP contribution in [-0.2, 0) is 24.3 Å². The number of hydrogen-bond acceptors (Lipinski definition) is 8. The molecule has 1 aliphatic heterocycles. The van der Waals surface area contributed by atoms with E-state index in [1.807, 2.05) is 30.3 Å². The SMILES string of the molecule is NC(=O)c1cccc2c(-c3nc4c(c(NCc5ccccc5)n3)CCONC4)onc12. The number of nitrogens with one attached hydrogen (secondary N) is 2. The van der Waals surface area contributed by atoms with Gasteiger partial charge in [-0.25, -0.2) is 9.97 Å². The Morgan fingerprint density at radius 2 is 2.00 bits per heavy atom. The molecule has 9 nitrogen and oxygen atoms in total. The van der Waals surface area contributed by atoms with Gasteiger partial charge in [0.15, 0.2) is 0 Å². The molecule has 0 unspecified atom stereocenters. The molecule has 2 aromatic carbocycles. The van der Waals surface area contributed by atoms with Crippen molar-refractivity contribution in [2.75, 3.05) is 11.9 Å². The molecule has 4 aromatic rings. The van der Waals surface area contributed by atoms with E-state index in [0.29, 0.717) is 60.0 Å². The highest BCUT2D eigenvalue weighted by molar-refractivity contribution is 6.07. The summed E-state index contributed by atoms with van der Waals surface area (Å²) in [5.41, 5.74) is 12.0. The molecule has 1 amide bonds. The lowest BCUT2D eigenvalue weighted by Gasteiger charge is -2.14. The number of nitrogens with two attached hydrogens (primary N) is 1. The van der Waals surface area contributed by atoms with Crippen LogP contribution in [0.2, 0.25) is 0 Å². The Labute approximate surface area is 177 Å². The molecule has 9 heteroatoms. The predicted octanol–water partition coefficient (Wildman–Crippen LogP) is 2.57. The maximum Gasteiger partial charge on any atom is 0.251 e. The van der Waals surface area contributed by atoms with Gasteiger partial charge in [-0.05, 0) is 17.7 Å². The van der Waals surface area contributed by atoms with Crippen LogP contribution in [-0.4, -0.2) is 27.6 Å². The van der Waals surface area contributed by atoms with E-state index in [4.69, 9.17) is 25.1 Å². The summed E-state index contributed by atoms with van der Waals surface area (Å²) in [6.45, 7) is 1.56. The van der Waals surface area contributed by atoms with Crippen LogP contribution < -0.4 is 16.5 Å². The van der Waals surface area contributed by atoms with Gasteiger partial charge in [0.1, 0.15) is 11.3 Å². The summed E-state index contributed by atoms with van der Waals surface area (Å²) >= 11 is 0. The van der Waals surface area contributed by atoms with Crippen LogP contribution >= 0.6 is 0 Å². The number of rotatable bonds is 5. The molecule has 0 bridgehead atoms. The average molecular weight is 416 g/mol. The van der Waals surface area contributed by atoms with Crippen molar-refractivity contribution in [2.45, 2.75) is 19.5 Å². The zero-order valence-electron chi connectivity index (χ0n) is 16.6. The second-order valence-corrected chi connectivity index (χ2v) is 7.16. The van der Waals surface area contributed by atoms with Crippen molar-refractivity contribution >= 4 is 22.6 Å². The third kappa shape index (κ3) is 3.72. The Morgan fingerprint density at radius 1 is 1.13 bits per heavy atom. The van der Waals surface area contributed by atoms with E-state index in [2.05, 4.69) is 16.0 Å². The molecule has 0 spiro atoms. The standard InChI is InChI=1S/C22H20N6O3/c23-20(29)16-8-4-7-15-18(16)28-31-19(15)22-26-17-12-25-30-10-9-14(17)21(27-22)24-11-13-5-2-1-3-6-13/h1-8,25H,9-12H2,(H2,23,29)(H,24,26,27). The van der Waals surface area contributed by atoms with E-state index in [9.17, 15) is 4.79 Å². The first-order valence-electron chi connectivity index (χ1n) is 9.91. The summed E-state index contributed by atoms with van der Waals surface area (Å²) in [6.07, 6.45) is 0.669. The first-order chi connectivity index (χ1) is 15.2. The Balaban J connectivity index is 1.59. The minimum atomic E-state index is -0.570. The molecule has 4 N–H and O–H groups in total. The van der Waals surface area contributed by atoms with Gasteiger partial charge in [0.05, 0.1) is 29.8 Å². The number of carbonyl (C=O) groups is 1. The van der Waals surface area contributed by atoms with Gasteiger partial charge >= 0.3 is 0 Å². The molecule has 1 aliphatic rings. The van der Waals surface area contributed by atoms with E-state index >= 15 is 0 Å². The van der Waals surface area contributed by atoms with Crippen LogP contribution in [0.5, 0.6) is 0 Å². The smallest absolute Gasteiger partial charge is 0.251 e. The fourth-order valence-electron chi connectivity index (χ4n) is 3.64. The van der Waals surface area contributed by atoms with Crippen molar-refractivity contribution in [3.8, 4) is 11.6 Å². The molecule has 31 heavy (non-hydrogen) atoms. The Hall–Kier alpha value is -3.82. The number of nitrogens with zero attached hydrogens (tertiary/aromatic N) is 3. The monoisotopic (exact) mass is 416 g/mol. The van der Waals surface area contributed by atoms with E-state index in [1.165, 1.54) is 0 Å². The van der Waals surface area contributed by atoms with Crippen LogP contribution in [0.3, 0.4) is 0 Å². The van der Waals surface area contributed by atoms with Crippen molar-refractivity contribution in [2.24, 2.45) is 5.73 Å². The molecule has 0 saturated heterocycles. The number of anilines is 1. The van der Waals surface area contributed by atoms with Crippen molar-refractivity contribution in [1.82, 2.24) is 20.6 Å². The molecule has 0 radical (unpaired) electrons. The minimum Gasteiger partial charge on any atom is -0.366 e. The predicted molar refractivity (Wildman–Crippen MR) is 114 cm³/mol. The van der Waals surface area contributed by atoms with Gasteiger partial charge in [0.25, 0.3) is 5.91 Å². The fraction of sp³-hybridized carbons (Fsp3) is 0.182. The first kappa shape index (κ1) is 19.2. The zero-order valence-corrected chi connectivity index (χ0v) is 16.6. The number of primary amides is 1. The van der Waals surface area contributed by atoms with Gasteiger partial charge in [0, 0.05) is 18.5 Å². The van der Waals surface area contributed by atoms with Crippen LogP contribution in [0.25, 0.3) is 22.5 Å². The molecule has 156 valence electrons. The third-order valence-corrected chi connectivity index (χ3v) is 5.17. The summed E-state index contributed by atoms with van der Waals surface area (Å²) in [4.78, 5) is 26.6. The van der Waals surface area contributed by atoms with Crippen LogP contribution in [0.15, 0.2) is 53.1 Å².